The van der Waals surface area contributed by atoms with Crippen molar-refractivity contribution in [3.63, 3.8) is 0 Å². The van der Waals surface area contributed by atoms with Gasteiger partial charge in [-0.15, -0.1) is 0 Å². The van der Waals surface area contributed by atoms with Crippen LogP contribution in [0.2, 0.25) is 0 Å². The number of anilines is 2. The fraction of sp³-hybridized carbons (Fsp3) is 0.368. The number of nitrogens with zero attached hydrogens (tertiary/aromatic N) is 7. The summed E-state index contributed by atoms with van der Waals surface area (Å²) < 4.78 is 1.96. The number of fused-ring (bicyclic) bond motifs is 1. The maximum absolute atomic E-state index is 4.83. The van der Waals surface area contributed by atoms with E-state index in [1.54, 1.807) is 0 Å². The van der Waals surface area contributed by atoms with Gasteiger partial charge in [0.2, 0.25) is 5.95 Å². The van der Waals surface area contributed by atoms with E-state index in [2.05, 4.69) is 37.0 Å². The van der Waals surface area contributed by atoms with Crippen LogP contribution in [-0.2, 0) is 13.1 Å². The minimum atomic E-state index is 0.768. The van der Waals surface area contributed by atoms with Crippen molar-refractivity contribution in [1.29, 1.82) is 0 Å². The van der Waals surface area contributed by atoms with Crippen molar-refractivity contribution in [3.8, 4) is 0 Å². The van der Waals surface area contributed by atoms with Gasteiger partial charge in [0, 0.05) is 62.2 Å². The lowest BCUT2D eigenvalue weighted by molar-refractivity contribution is 0.593. The average Bonchev–Trinajstić information content (AvgIpc) is 3.10. The van der Waals surface area contributed by atoms with Gasteiger partial charge >= 0.3 is 0 Å². The number of hydrogen-bond acceptors (Lipinski definition) is 6. The maximum atomic E-state index is 4.83. The third kappa shape index (κ3) is 3.51. The Kier molecular flexibility index (Phi) is 4.51. The van der Waals surface area contributed by atoms with Gasteiger partial charge in [-0.25, -0.2) is 15.0 Å². The van der Waals surface area contributed by atoms with Crippen LogP contribution in [0, 0.1) is 13.8 Å². The summed E-state index contributed by atoms with van der Waals surface area (Å²) in [6, 6.07) is 6.20. The molecule has 0 saturated heterocycles. The van der Waals surface area contributed by atoms with Gasteiger partial charge in [0.25, 0.3) is 0 Å². The molecular weight excluding hydrogens is 326 g/mol. The predicted octanol–water partition coefficient (Wildman–Crippen LogP) is 2.21. The van der Waals surface area contributed by atoms with Crippen LogP contribution in [0.15, 0.2) is 43.0 Å². The minimum absolute atomic E-state index is 0.768. The zero-order chi connectivity index (χ0) is 17.9. The summed E-state index contributed by atoms with van der Waals surface area (Å²) in [6.45, 7) is 8.25. The molecule has 0 fully saturated rings. The van der Waals surface area contributed by atoms with E-state index >= 15 is 0 Å². The zero-order valence-corrected chi connectivity index (χ0v) is 15.2. The molecule has 7 nitrogen and oxygen atoms in total. The van der Waals surface area contributed by atoms with Crippen molar-refractivity contribution < 1.29 is 0 Å². The molecule has 0 bridgehead atoms. The Labute approximate surface area is 153 Å². The molecule has 3 aromatic rings. The minimum Gasteiger partial charge on any atom is -0.353 e. The summed E-state index contributed by atoms with van der Waals surface area (Å²) in [7, 11) is 0. The van der Waals surface area contributed by atoms with Crippen molar-refractivity contribution in [1.82, 2.24) is 24.7 Å². The number of hydrogen-bond donors (Lipinski definition) is 0. The van der Waals surface area contributed by atoms with E-state index in [0.717, 1.165) is 55.7 Å². The topological polar surface area (TPSA) is 63.0 Å². The van der Waals surface area contributed by atoms with E-state index in [9.17, 15) is 0 Å². The SMILES string of the molecule is Cc1cnc(N2CCN(CCn3cccn3)c3nc(C)ccc3C2)nc1. The molecule has 134 valence electrons. The maximum Gasteiger partial charge on any atom is 0.225 e. The number of aromatic nitrogens is 5. The Hall–Kier alpha value is -2.96. The lowest BCUT2D eigenvalue weighted by Gasteiger charge is -2.24. The molecule has 0 spiro atoms. The van der Waals surface area contributed by atoms with Crippen LogP contribution in [0.4, 0.5) is 11.8 Å². The molecule has 3 aromatic heterocycles. The second-order valence-corrected chi connectivity index (χ2v) is 6.67. The summed E-state index contributed by atoms with van der Waals surface area (Å²) >= 11 is 0. The van der Waals surface area contributed by atoms with E-state index in [-0.39, 0.29) is 0 Å². The molecule has 0 unspecified atom stereocenters. The molecule has 0 aromatic carbocycles. The summed E-state index contributed by atoms with van der Waals surface area (Å²) in [5.74, 6) is 1.84. The van der Waals surface area contributed by atoms with Crippen LogP contribution in [0.5, 0.6) is 0 Å². The highest BCUT2D eigenvalue weighted by Gasteiger charge is 2.22. The van der Waals surface area contributed by atoms with Crippen molar-refractivity contribution in [3.05, 3.63) is 59.8 Å². The molecule has 1 aliphatic heterocycles. The fourth-order valence-electron chi connectivity index (χ4n) is 3.19. The van der Waals surface area contributed by atoms with Crippen molar-refractivity contribution in [2.45, 2.75) is 26.9 Å². The highest BCUT2D eigenvalue weighted by Crippen LogP contribution is 2.25. The fourth-order valence-corrected chi connectivity index (χ4v) is 3.19. The Bertz CT molecular complexity index is 858. The largest absolute Gasteiger partial charge is 0.353 e. The smallest absolute Gasteiger partial charge is 0.225 e. The highest BCUT2D eigenvalue weighted by atomic mass is 15.3. The summed E-state index contributed by atoms with van der Waals surface area (Å²) in [6.07, 6.45) is 7.55. The molecule has 0 aliphatic carbocycles. The first-order valence-corrected chi connectivity index (χ1v) is 8.91. The van der Waals surface area contributed by atoms with Crippen LogP contribution in [0.25, 0.3) is 0 Å². The lowest BCUT2D eigenvalue weighted by Crippen LogP contribution is -2.34. The first-order chi connectivity index (χ1) is 12.7. The van der Waals surface area contributed by atoms with Crippen LogP contribution in [0.3, 0.4) is 0 Å². The van der Waals surface area contributed by atoms with Gasteiger partial charge in [0.15, 0.2) is 0 Å². The monoisotopic (exact) mass is 349 g/mol. The van der Waals surface area contributed by atoms with E-state index in [1.165, 1.54) is 5.56 Å². The van der Waals surface area contributed by atoms with Crippen molar-refractivity contribution >= 4 is 11.8 Å². The molecule has 0 amide bonds. The van der Waals surface area contributed by atoms with Gasteiger partial charge in [0.05, 0.1) is 6.54 Å². The zero-order valence-electron chi connectivity index (χ0n) is 15.2. The molecule has 7 heteroatoms. The standard InChI is InChI=1S/C19H23N7/c1-15-12-20-19(21-13-15)25-9-8-24(10-11-26-7-3-6-22-26)18-17(14-25)5-4-16(2)23-18/h3-7,12-13H,8-11,14H2,1-2H3. The lowest BCUT2D eigenvalue weighted by atomic mass is 10.2. The predicted molar refractivity (Wildman–Crippen MR) is 101 cm³/mol. The third-order valence-corrected chi connectivity index (χ3v) is 4.60. The van der Waals surface area contributed by atoms with E-state index in [0.29, 0.717) is 0 Å². The van der Waals surface area contributed by atoms with E-state index < -0.39 is 0 Å². The summed E-state index contributed by atoms with van der Waals surface area (Å²) in [5.41, 5.74) is 3.31. The molecular formula is C19H23N7. The average molecular weight is 349 g/mol. The van der Waals surface area contributed by atoms with Crippen LogP contribution >= 0.6 is 0 Å². The molecule has 4 rings (SSSR count). The molecule has 1 aliphatic rings. The number of pyridine rings is 1. The van der Waals surface area contributed by atoms with Gasteiger partial charge in [-0.05, 0) is 31.5 Å². The highest BCUT2D eigenvalue weighted by molar-refractivity contribution is 5.52. The first-order valence-electron chi connectivity index (χ1n) is 8.91. The second kappa shape index (κ2) is 7.11. The molecule has 26 heavy (non-hydrogen) atoms. The van der Waals surface area contributed by atoms with Crippen molar-refractivity contribution in [2.75, 3.05) is 29.4 Å². The normalized spacial score (nSPS) is 14.2. The van der Waals surface area contributed by atoms with Gasteiger partial charge in [-0.3, -0.25) is 4.68 Å². The Balaban J connectivity index is 1.59. The van der Waals surface area contributed by atoms with Gasteiger partial charge in [-0.1, -0.05) is 6.07 Å². The van der Waals surface area contributed by atoms with Crippen LogP contribution in [0.1, 0.15) is 16.8 Å². The number of aryl methyl sites for hydroxylation is 2. The van der Waals surface area contributed by atoms with Gasteiger partial charge in [-0.2, -0.15) is 5.10 Å². The molecule has 0 radical (unpaired) electrons. The molecule has 0 atom stereocenters. The number of rotatable bonds is 4. The first kappa shape index (κ1) is 16.5. The summed E-state index contributed by atoms with van der Waals surface area (Å²) in [5, 5.41) is 4.31. The van der Waals surface area contributed by atoms with Crippen molar-refractivity contribution in [2.24, 2.45) is 0 Å². The second-order valence-electron chi connectivity index (χ2n) is 6.67. The van der Waals surface area contributed by atoms with Gasteiger partial charge < -0.3 is 9.80 Å². The van der Waals surface area contributed by atoms with Crippen LogP contribution in [-0.4, -0.2) is 44.4 Å². The van der Waals surface area contributed by atoms with E-state index in [1.807, 2.05) is 49.4 Å². The van der Waals surface area contributed by atoms with E-state index in [4.69, 9.17) is 4.98 Å². The Morgan fingerprint density at radius 2 is 1.88 bits per heavy atom. The molecule has 0 saturated carbocycles. The Morgan fingerprint density at radius 3 is 2.65 bits per heavy atom. The molecule has 4 heterocycles. The summed E-state index contributed by atoms with van der Waals surface area (Å²) in [4.78, 5) is 18.4. The molecule has 0 N–H and O–H groups in total. The Morgan fingerprint density at radius 1 is 1.04 bits per heavy atom. The third-order valence-electron chi connectivity index (χ3n) is 4.60. The van der Waals surface area contributed by atoms with Gasteiger partial charge in [0.1, 0.15) is 5.82 Å². The van der Waals surface area contributed by atoms with Crippen LogP contribution < -0.4 is 9.80 Å². The quantitative estimate of drug-likeness (QED) is 0.720.